The summed E-state index contributed by atoms with van der Waals surface area (Å²) < 4.78 is 5.87. The van der Waals surface area contributed by atoms with Gasteiger partial charge in [0.25, 0.3) is 11.8 Å². The molecule has 1 aromatic carbocycles. The Morgan fingerprint density at radius 3 is 2.61 bits per heavy atom. The molecule has 1 N–H and O–H groups in total. The molecule has 1 aromatic heterocycles. The van der Waals surface area contributed by atoms with Crippen molar-refractivity contribution < 1.29 is 19.1 Å². The van der Waals surface area contributed by atoms with Gasteiger partial charge in [-0.05, 0) is 56.2 Å². The van der Waals surface area contributed by atoms with Crippen LogP contribution in [0.3, 0.4) is 0 Å². The minimum atomic E-state index is -0.575. The lowest BCUT2D eigenvalue weighted by Gasteiger charge is -2.31. The van der Waals surface area contributed by atoms with E-state index in [1.165, 1.54) is 4.90 Å². The second-order valence-electron chi connectivity index (χ2n) is 11.3. The Labute approximate surface area is 226 Å². The number of amides is 3. The molecule has 0 saturated heterocycles. The summed E-state index contributed by atoms with van der Waals surface area (Å²) in [4.78, 5) is 44.1. The van der Waals surface area contributed by atoms with Crippen molar-refractivity contribution in [3.8, 4) is 5.75 Å². The van der Waals surface area contributed by atoms with Crippen LogP contribution in [-0.4, -0.2) is 89.5 Å². The average Bonchev–Trinajstić information content (AvgIpc) is 3.39. The van der Waals surface area contributed by atoms with Crippen LogP contribution < -0.4 is 4.74 Å². The summed E-state index contributed by atoms with van der Waals surface area (Å²) in [5.41, 5.74) is 2.27. The van der Waals surface area contributed by atoms with E-state index in [0.717, 1.165) is 36.3 Å². The number of carbonyl (C=O) groups excluding carboxylic acids is 3. The quantitative estimate of drug-likeness (QED) is 0.581. The molecular formula is C29H43N5O4. The van der Waals surface area contributed by atoms with Gasteiger partial charge in [0.15, 0.2) is 6.61 Å². The van der Waals surface area contributed by atoms with E-state index >= 15 is 0 Å². The summed E-state index contributed by atoms with van der Waals surface area (Å²) in [6.07, 6.45) is 4.56. The van der Waals surface area contributed by atoms with Crippen molar-refractivity contribution in [1.82, 2.24) is 24.9 Å². The van der Waals surface area contributed by atoms with E-state index < -0.39 is 6.04 Å². The molecule has 1 aliphatic heterocycles. The highest BCUT2D eigenvalue weighted by atomic mass is 16.5. The Morgan fingerprint density at radius 1 is 1.16 bits per heavy atom. The Kier molecular flexibility index (Phi) is 9.94. The molecule has 9 nitrogen and oxygen atoms in total. The maximum atomic E-state index is 13.3. The summed E-state index contributed by atoms with van der Waals surface area (Å²) in [5, 5.41) is 7.15. The van der Waals surface area contributed by atoms with Gasteiger partial charge < -0.3 is 19.4 Å². The number of hydrogen-bond donors (Lipinski definition) is 1. The highest BCUT2D eigenvalue weighted by molar-refractivity contribution is 5.92. The van der Waals surface area contributed by atoms with Crippen LogP contribution in [0.4, 0.5) is 0 Å². The number of rotatable bonds is 6. The molecule has 1 atom stereocenters. The third-order valence-electron chi connectivity index (χ3n) is 7.21. The number of para-hydroxylation sites is 1. The van der Waals surface area contributed by atoms with Crippen LogP contribution in [0.25, 0.3) is 0 Å². The summed E-state index contributed by atoms with van der Waals surface area (Å²) in [5.74, 6) is 0.294. The van der Waals surface area contributed by atoms with E-state index in [4.69, 9.17) is 4.74 Å². The molecule has 0 fully saturated rings. The van der Waals surface area contributed by atoms with Crippen LogP contribution in [0.1, 0.15) is 74.6 Å². The fourth-order valence-corrected chi connectivity index (χ4v) is 4.58. The number of fused-ring (bicyclic) bond motifs is 1. The first-order chi connectivity index (χ1) is 18.0. The molecule has 2 heterocycles. The van der Waals surface area contributed by atoms with E-state index in [0.29, 0.717) is 38.0 Å². The number of aromatic nitrogens is 2. The molecule has 0 spiro atoms. The lowest BCUT2D eigenvalue weighted by atomic mass is 9.92. The lowest BCUT2D eigenvalue weighted by molar-refractivity contribution is -0.145. The number of benzene rings is 1. The van der Waals surface area contributed by atoms with Gasteiger partial charge in [0.2, 0.25) is 5.91 Å². The highest BCUT2D eigenvalue weighted by Crippen LogP contribution is 2.22. The van der Waals surface area contributed by atoms with Gasteiger partial charge in [-0.3, -0.25) is 19.5 Å². The molecule has 9 heteroatoms. The van der Waals surface area contributed by atoms with E-state index in [-0.39, 0.29) is 29.7 Å². The molecule has 0 aliphatic carbocycles. The van der Waals surface area contributed by atoms with E-state index in [9.17, 15) is 14.4 Å². The molecule has 3 rings (SSSR count). The van der Waals surface area contributed by atoms with Crippen LogP contribution in [0, 0.1) is 0 Å². The van der Waals surface area contributed by atoms with Crippen molar-refractivity contribution in [1.29, 1.82) is 0 Å². The van der Waals surface area contributed by atoms with Gasteiger partial charge in [-0.1, -0.05) is 39.0 Å². The molecule has 2 aromatic rings. The number of carbonyl (C=O) groups is 3. The Balaban J connectivity index is 1.60. The summed E-state index contributed by atoms with van der Waals surface area (Å²) in [7, 11) is 5.24. The number of aromatic amines is 1. The largest absolute Gasteiger partial charge is 0.483 e. The third kappa shape index (κ3) is 7.58. The maximum absolute atomic E-state index is 13.3. The molecule has 3 amide bonds. The zero-order valence-corrected chi connectivity index (χ0v) is 23.7. The van der Waals surface area contributed by atoms with Crippen molar-refractivity contribution in [3.63, 3.8) is 0 Å². The maximum Gasteiger partial charge on any atom is 0.274 e. The predicted molar refractivity (Wildman–Crippen MR) is 147 cm³/mol. The number of nitrogens with one attached hydrogen (secondary N) is 1. The number of likely N-dealkylation sites (N-methyl/N-ethyl adjacent to an activating group) is 2. The molecule has 208 valence electrons. The SMILES string of the molecule is CN(CCCC[C@H]1C(=O)N(C)CCCCc2ccccc2OCC(=O)N1C)C(=O)c1cc(C(C)(C)C)[nH]n1. The Bertz CT molecular complexity index is 1110. The number of aryl methyl sites for hydroxylation is 1. The molecule has 38 heavy (non-hydrogen) atoms. The summed E-state index contributed by atoms with van der Waals surface area (Å²) in [6, 6.07) is 9.03. The van der Waals surface area contributed by atoms with Gasteiger partial charge >= 0.3 is 0 Å². The van der Waals surface area contributed by atoms with Gasteiger partial charge in [0.05, 0.1) is 0 Å². The zero-order valence-electron chi connectivity index (χ0n) is 23.7. The van der Waals surface area contributed by atoms with Crippen LogP contribution in [0.2, 0.25) is 0 Å². The molecule has 0 saturated carbocycles. The number of H-pyrrole nitrogens is 1. The Morgan fingerprint density at radius 2 is 1.89 bits per heavy atom. The van der Waals surface area contributed by atoms with Crippen LogP contribution in [-0.2, 0) is 21.4 Å². The van der Waals surface area contributed by atoms with Crippen LogP contribution in [0.15, 0.2) is 30.3 Å². The van der Waals surface area contributed by atoms with Gasteiger partial charge in [0.1, 0.15) is 17.5 Å². The van der Waals surface area contributed by atoms with Crippen molar-refractivity contribution >= 4 is 17.7 Å². The third-order valence-corrected chi connectivity index (χ3v) is 7.21. The number of nitrogens with zero attached hydrogens (tertiary/aromatic N) is 4. The summed E-state index contributed by atoms with van der Waals surface area (Å²) in [6.45, 7) is 7.25. The van der Waals surface area contributed by atoms with Crippen molar-refractivity contribution in [2.75, 3.05) is 40.8 Å². The fourth-order valence-electron chi connectivity index (χ4n) is 4.58. The molecule has 0 bridgehead atoms. The fraction of sp³-hybridized carbons (Fsp3) is 0.586. The first-order valence-corrected chi connectivity index (χ1v) is 13.5. The van der Waals surface area contributed by atoms with Crippen LogP contribution in [0.5, 0.6) is 5.75 Å². The van der Waals surface area contributed by atoms with Gasteiger partial charge in [-0.25, -0.2) is 0 Å². The van der Waals surface area contributed by atoms with Crippen LogP contribution >= 0.6 is 0 Å². The first kappa shape index (κ1) is 29.2. The number of ether oxygens (including phenoxy) is 1. The average molecular weight is 526 g/mol. The minimum Gasteiger partial charge on any atom is -0.483 e. The lowest BCUT2D eigenvalue weighted by Crippen LogP contribution is -2.49. The van der Waals surface area contributed by atoms with E-state index in [1.54, 1.807) is 30.9 Å². The van der Waals surface area contributed by atoms with Gasteiger partial charge in [0, 0.05) is 45.3 Å². The Hall–Kier alpha value is -3.36. The van der Waals surface area contributed by atoms with Gasteiger partial charge in [-0.15, -0.1) is 0 Å². The van der Waals surface area contributed by atoms with Crippen molar-refractivity contribution in [2.24, 2.45) is 0 Å². The standard InChI is InChI=1S/C29H43N5O4/c1-29(2,3)25-19-22(30-31-25)27(36)32(4)17-12-10-15-23-28(37)33(5)18-11-9-14-21-13-7-8-16-24(21)38-20-26(35)34(23)6/h7-8,13,16,19,23H,9-12,14-15,17-18,20H2,1-6H3,(H,30,31)/t23-/m0/s1. The zero-order chi connectivity index (χ0) is 27.9. The monoisotopic (exact) mass is 525 g/mol. The second-order valence-corrected chi connectivity index (χ2v) is 11.3. The topological polar surface area (TPSA) is 98.8 Å². The van der Waals surface area contributed by atoms with Gasteiger partial charge in [-0.2, -0.15) is 5.10 Å². The van der Waals surface area contributed by atoms with E-state index in [1.807, 2.05) is 30.3 Å². The number of hydrogen-bond acceptors (Lipinski definition) is 5. The minimum absolute atomic E-state index is 0.0618. The molecule has 0 radical (unpaired) electrons. The smallest absolute Gasteiger partial charge is 0.274 e. The van der Waals surface area contributed by atoms with Crippen molar-refractivity contribution in [2.45, 2.75) is 70.8 Å². The first-order valence-electron chi connectivity index (χ1n) is 13.5. The highest BCUT2D eigenvalue weighted by Gasteiger charge is 2.29. The normalized spacial score (nSPS) is 17.7. The predicted octanol–water partition coefficient (Wildman–Crippen LogP) is 3.65. The summed E-state index contributed by atoms with van der Waals surface area (Å²) >= 11 is 0. The van der Waals surface area contributed by atoms with Crippen molar-refractivity contribution in [3.05, 3.63) is 47.3 Å². The number of unbranched alkanes of at least 4 members (excludes halogenated alkanes) is 1. The molecule has 1 aliphatic rings. The molecular weight excluding hydrogens is 482 g/mol. The van der Waals surface area contributed by atoms with E-state index in [2.05, 4.69) is 31.0 Å². The second kappa shape index (κ2) is 12.9. The molecule has 0 unspecified atom stereocenters.